The first-order valence-electron chi connectivity index (χ1n) is 6.38. The minimum atomic E-state index is -3.53. The largest absolute Gasteiger partial charge is 0.452 e. The van der Waals surface area contributed by atoms with Crippen LogP contribution < -0.4 is 5.73 Å². The molecule has 0 saturated carbocycles. The van der Waals surface area contributed by atoms with Gasteiger partial charge in [0, 0.05) is 18.7 Å². The lowest BCUT2D eigenvalue weighted by Crippen LogP contribution is -2.45. The summed E-state index contributed by atoms with van der Waals surface area (Å²) in [6.07, 6.45) is 1.96. The van der Waals surface area contributed by atoms with Crippen molar-refractivity contribution in [3.8, 4) is 0 Å². The molecule has 1 aromatic heterocycles. The first-order chi connectivity index (χ1) is 8.87. The molecule has 0 bridgehead atoms. The molecule has 108 valence electrons. The van der Waals surface area contributed by atoms with Gasteiger partial charge >= 0.3 is 0 Å². The zero-order chi connectivity index (χ0) is 14.2. The summed E-state index contributed by atoms with van der Waals surface area (Å²) in [5.41, 5.74) is 5.48. The van der Waals surface area contributed by atoms with Crippen molar-refractivity contribution in [2.24, 2.45) is 11.7 Å². The highest BCUT2D eigenvalue weighted by Gasteiger charge is 2.36. The van der Waals surface area contributed by atoms with Gasteiger partial charge in [0.1, 0.15) is 10.7 Å². The maximum absolute atomic E-state index is 12.7. The van der Waals surface area contributed by atoms with Crippen LogP contribution in [0.4, 0.5) is 0 Å². The maximum atomic E-state index is 12.7. The summed E-state index contributed by atoms with van der Waals surface area (Å²) in [4.78, 5) is 0.175. The molecule has 1 saturated heterocycles. The van der Waals surface area contributed by atoms with E-state index in [9.17, 15) is 8.42 Å². The van der Waals surface area contributed by atoms with Crippen molar-refractivity contribution in [3.63, 3.8) is 0 Å². The van der Waals surface area contributed by atoms with Gasteiger partial charge < -0.3 is 10.2 Å². The molecule has 0 aromatic carbocycles. The zero-order valence-electron chi connectivity index (χ0n) is 11.1. The molecular weight excluding hydrogens is 332 g/mol. The lowest BCUT2D eigenvalue weighted by Gasteiger charge is -2.36. The summed E-state index contributed by atoms with van der Waals surface area (Å²) < 4.78 is 32.5. The molecule has 1 aliphatic heterocycles. The van der Waals surface area contributed by atoms with Gasteiger partial charge in [-0.3, -0.25) is 0 Å². The predicted octanol–water partition coefficient (Wildman–Crippen LogP) is 2.31. The van der Waals surface area contributed by atoms with Crippen LogP contribution in [0.15, 0.2) is 20.0 Å². The van der Waals surface area contributed by atoms with Crippen molar-refractivity contribution >= 4 is 26.0 Å². The number of hydrogen-bond donors (Lipinski definition) is 1. The smallest absolute Gasteiger partial charge is 0.247 e. The summed E-state index contributed by atoms with van der Waals surface area (Å²) >= 11 is 3.17. The molecule has 1 aliphatic rings. The van der Waals surface area contributed by atoms with Gasteiger partial charge in [-0.25, -0.2) is 8.42 Å². The second-order valence-electron chi connectivity index (χ2n) is 5.03. The van der Waals surface area contributed by atoms with E-state index in [1.165, 1.54) is 6.07 Å². The number of rotatable bonds is 3. The van der Waals surface area contributed by atoms with Crippen LogP contribution >= 0.6 is 15.9 Å². The van der Waals surface area contributed by atoms with E-state index in [0.717, 1.165) is 12.8 Å². The van der Waals surface area contributed by atoms with E-state index in [4.69, 9.17) is 10.2 Å². The number of furan rings is 1. The summed E-state index contributed by atoms with van der Waals surface area (Å²) in [7, 11) is -3.53. The molecule has 19 heavy (non-hydrogen) atoms. The van der Waals surface area contributed by atoms with Crippen LogP contribution in [0.1, 0.15) is 32.4 Å². The van der Waals surface area contributed by atoms with E-state index < -0.39 is 10.0 Å². The fourth-order valence-electron chi connectivity index (χ4n) is 2.44. The minimum absolute atomic E-state index is 0.00174. The molecule has 5 nitrogen and oxygen atoms in total. The molecule has 0 aliphatic carbocycles. The third kappa shape index (κ3) is 2.74. The fraction of sp³-hybridized carbons (Fsp3) is 0.667. The van der Waals surface area contributed by atoms with Crippen LogP contribution in [0, 0.1) is 5.92 Å². The van der Waals surface area contributed by atoms with Gasteiger partial charge in [-0.15, -0.1) is 0 Å². The summed E-state index contributed by atoms with van der Waals surface area (Å²) in [5.74, 6) is 0.825. The molecular formula is C12H19BrN2O3S. The van der Waals surface area contributed by atoms with Gasteiger partial charge in [0.25, 0.3) is 0 Å². The van der Waals surface area contributed by atoms with Crippen molar-refractivity contribution in [2.45, 2.75) is 44.2 Å². The third-order valence-corrected chi connectivity index (χ3v) is 6.65. The summed E-state index contributed by atoms with van der Waals surface area (Å²) in [6, 6.07) is 1.51. The van der Waals surface area contributed by atoms with E-state index in [2.05, 4.69) is 22.9 Å². The SMILES string of the molecule is CC1CCCN(S(=O)(=O)c2cc(CN)oc2Br)C1C. The third-order valence-electron chi connectivity index (χ3n) is 3.81. The Kier molecular flexibility index (Phi) is 4.39. The molecule has 0 amide bonds. The average Bonchev–Trinajstić information content (AvgIpc) is 2.74. The first kappa shape index (κ1) is 15.0. The highest BCUT2D eigenvalue weighted by atomic mass is 79.9. The van der Waals surface area contributed by atoms with Crippen molar-refractivity contribution in [2.75, 3.05) is 6.54 Å². The Hall–Kier alpha value is -0.370. The summed E-state index contributed by atoms with van der Waals surface area (Å²) in [6.45, 7) is 4.78. The van der Waals surface area contributed by atoms with Gasteiger partial charge in [-0.2, -0.15) is 4.31 Å². The fourth-order valence-corrected chi connectivity index (χ4v) is 5.17. The Balaban J connectivity index is 2.38. The molecule has 1 aromatic rings. The van der Waals surface area contributed by atoms with Gasteiger partial charge in [0.15, 0.2) is 4.67 Å². The molecule has 0 spiro atoms. The average molecular weight is 351 g/mol. The quantitative estimate of drug-likeness (QED) is 0.907. The van der Waals surface area contributed by atoms with Crippen molar-refractivity contribution in [1.29, 1.82) is 0 Å². The second-order valence-corrected chi connectivity index (χ2v) is 7.61. The van der Waals surface area contributed by atoms with Gasteiger partial charge in [-0.1, -0.05) is 6.92 Å². The molecule has 7 heteroatoms. The van der Waals surface area contributed by atoms with Crippen LogP contribution in [0.25, 0.3) is 0 Å². The van der Waals surface area contributed by atoms with E-state index in [1.807, 2.05) is 6.92 Å². The van der Waals surface area contributed by atoms with Crippen molar-refractivity contribution < 1.29 is 12.8 Å². The highest BCUT2D eigenvalue weighted by Crippen LogP contribution is 2.33. The second kappa shape index (κ2) is 5.55. The molecule has 2 atom stereocenters. The number of nitrogens with two attached hydrogens (primary N) is 1. The Morgan fingerprint density at radius 3 is 2.79 bits per heavy atom. The lowest BCUT2D eigenvalue weighted by atomic mass is 9.94. The van der Waals surface area contributed by atoms with Crippen LogP contribution in [-0.2, 0) is 16.6 Å². The number of sulfonamides is 1. The van der Waals surface area contributed by atoms with Gasteiger partial charge in [0.2, 0.25) is 10.0 Å². The lowest BCUT2D eigenvalue weighted by molar-refractivity contribution is 0.202. The Labute approximate surface area is 122 Å². The van der Waals surface area contributed by atoms with E-state index >= 15 is 0 Å². The van der Waals surface area contributed by atoms with Crippen LogP contribution in [-0.4, -0.2) is 25.3 Å². The minimum Gasteiger partial charge on any atom is -0.452 e. The topological polar surface area (TPSA) is 76.5 Å². The van der Waals surface area contributed by atoms with Gasteiger partial charge in [0.05, 0.1) is 6.54 Å². The van der Waals surface area contributed by atoms with Crippen molar-refractivity contribution in [3.05, 3.63) is 16.5 Å². The number of halogens is 1. The van der Waals surface area contributed by atoms with Crippen LogP contribution in [0.5, 0.6) is 0 Å². The van der Waals surface area contributed by atoms with E-state index in [0.29, 0.717) is 18.2 Å². The highest BCUT2D eigenvalue weighted by molar-refractivity contribution is 9.10. The Morgan fingerprint density at radius 2 is 2.21 bits per heavy atom. The van der Waals surface area contributed by atoms with Crippen LogP contribution in [0.3, 0.4) is 0 Å². The summed E-state index contributed by atoms with van der Waals surface area (Å²) in [5, 5.41) is 0. The number of nitrogens with zero attached hydrogens (tertiary/aromatic N) is 1. The van der Waals surface area contributed by atoms with E-state index in [-0.39, 0.29) is 22.2 Å². The normalized spacial score (nSPS) is 25.7. The van der Waals surface area contributed by atoms with E-state index in [1.54, 1.807) is 4.31 Å². The van der Waals surface area contributed by atoms with Gasteiger partial charge in [-0.05, 0) is 41.6 Å². The monoisotopic (exact) mass is 350 g/mol. The molecule has 2 rings (SSSR count). The predicted molar refractivity (Wildman–Crippen MR) is 76.1 cm³/mol. The molecule has 2 heterocycles. The maximum Gasteiger partial charge on any atom is 0.247 e. The Morgan fingerprint density at radius 1 is 1.53 bits per heavy atom. The first-order valence-corrected chi connectivity index (χ1v) is 8.61. The van der Waals surface area contributed by atoms with Crippen molar-refractivity contribution in [1.82, 2.24) is 4.31 Å². The molecule has 2 N–H and O–H groups in total. The molecule has 0 radical (unpaired) electrons. The zero-order valence-corrected chi connectivity index (χ0v) is 13.5. The molecule has 1 fully saturated rings. The van der Waals surface area contributed by atoms with Crippen LogP contribution in [0.2, 0.25) is 0 Å². The standard InChI is InChI=1S/C12H19BrN2O3S/c1-8-4-3-5-15(9(8)2)19(16,17)11-6-10(7-14)18-12(11)13/h6,8-9H,3-5,7,14H2,1-2H3. The Bertz CT molecular complexity index is 555. The number of hydrogen-bond acceptors (Lipinski definition) is 4. The number of piperidine rings is 1. The molecule has 2 unspecified atom stereocenters.